The minimum absolute atomic E-state index is 0.213. The summed E-state index contributed by atoms with van der Waals surface area (Å²) in [5, 5.41) is 9.08. The largest absolute Gasteiger partial charge is 0.496 e. The van der Waals surface area contributed by atoms with Crippen molar-refractivity contribution in [3.63, 3.8) is 0 Å². The second kappa shape index (κ2) is 7.77. The maximum Gasteiger partial charge on any atom is 0.335 e. The topological polar surface area (TPSA) is 65.0 Å². The van der Waals surface area contributed by atoms with Gasteiger partial charge in [0, 0.05) is 17.2 Å². The van der Waals surface area contributed by atoms with Crippen LogP contribution in [0.2, 0.25) is 0 Å². The van der Waals surface area contributed by atoms with Gasteiger partial charge in [0.25, 0.3) is 0 Å². The normalized spacial score (nSPS) is 28.4. The number of methoxy groups -OCH3 is 2. The van der Waals surface area contributed by atoms with Crippen LogP contribution in [0.3, 0.4) is 0 Å². The molecule has 4 aliphatic rings. The van der Waals surface area contributed by atoms with Crippen molar-refractivity contribution in [1.29, 1.82) is 0 Å². The van der Waals surface area contributed by atoms with Crippen LogP contribution in [0.1, 0.15) is 60.0 Å². The lowest BCUT2D eigenvalue weighted by molar-refractivity contribution is -0.00624. The molecule has 4 aliphatic carbocycles. The Morgan fingerprint density at radius 3 is 2.03 bits per heavy atom. The summed E-state index contributed by atoms with van der Waals surface area (Å²) in [6.07, 6.45) is 8.00. The van der Waals surface area contributed by atoms with Gasteiger partial charge in [-0.15, -0.1) is 0 Å². The number of carboxylic acid groups (broad SMARTS) is 1. The predicted molar refractivity (Wildman–Crippen MR) is 117 cm³/mol. The fourth-order valence-corrected chi connectivity index (χ4v) is 6.79. The zero-order chi connectivity index (χ0) is 21.6. The van der Waals surface area contributed by atoms with Crippen molar-refractivity contribution in [2.24, 2.45) is 17.8 Å². The molecule has 5 nitrogen and oxygen atoms in total. The summed E-state index contributed by atoms with van der Waals surface area (Å²) in [7, 11) is 3.42. The van der Waals surface area contributed by atoms with Crippen LogP contribution in [0.25, 0.3) is 0 Å². The van der Waals surface area contributed by atoms with E-state index in [-0.39, 0.29) is 11.0 Å². The summed E-state index contributed by atoms with van der Waals surface area (Å²) in [6.45, 7) is 0.360. The third-order valence-electron chi connectivity index (χ3n) is 7.71. The number of carboxylic acids is 1. The van der Waals surface area contributed by atoms with E-state index in [1.54, 1.807) is 38.5 Å². The van der Waals surface area contributed by atoms with Crippen LogP contribution in [0.5, 0.6) is 17.2 Å². The summed E-state index contributed by atoms with van der Waals surface area (Å²) >= 11 is 0. The van der Waals surface area contributed by atoms with Gasteiger partial charge < -0.3 is 19.3 Å². The van der Waals surface area contributed by atoms with Crippen molar-refractivity contribution in [1.82, 2.24) is 0 Å². The molecule has 1 N–H and O–H groups in total. The van der Waals surface area contributed by atoms with E-state index in [2.05, 4.69) is 6.07 Å². The number of rotatable bonds is 7. The Bertz CT molecular complexity index is 943. The fraction of sp³-hybridized carbons (Fsp3) is 0.500. The molecule has 4 bridgehead atoms. The molecule has 0 atom stereocenters. The van der Waals surface area contributed by atoms with Gasteiger partial charge in [-0.05, 0) is 92.0 Å². The monoisotopic (exact) mass is 422 g/mol. The molecule has 4 saturated carbocycles. The average molecular weight is 423 g/mol. The first-order valence-corrected chi connectivity index (χ1v) is 11.2. The van der Waals surface area contributed by atoms with Crippen LogP contribution in [0.15, 0.2) is 36.4 Å². The zero-order valence-corrected chi connectivity index (χ0v) is 18.2. The van der Waals surface area contributed by atoms with Gasteiger partial charge in [-0.1, -0.05) is 0 Å². The number of ether oxygens (including phenoxy) is 3. The van der Waals surface area contributed by atoms with Crippen LogP contribution in [-0.2, 0) is 12.0 Å². The minimum atomic E-state index is -0.941. The lowest BCUT2D eigenvalue weighted by Gasteiger charge is -2.57. The number of benzene rings is 2. The summed E-state index contributed by atoms with van der Waals surface area (Å²) < 4.78 is 17.5. The Balaban J connectivity index is 1.44. The van der Waals surface area contributed by atoms with Crippen LogP contribution in [0, 0.1) is 17.8 Å². The van der Waals surface area contributed by atoms with E-state index >= 15 is 0 Å². The lowest BCUT2D eigenvalue weighted by Crippen LogP contribution is -2.48. The van der Waals surface area contributed by atoms with E-state index in [4.69, 9.17) is 19.3 Å². The Morgan fingerprint density at radius 2 is 1.52 bits per heavy atom. The smallest absolute Gasteiger partial charge is 0.335 e. The number of hydrogen-bond acceptors (Lipinski definition) is 4. The first kappa shape index (κ1) is 20.2. The Hall–Kier alpha value is -2.69. The second-order valence-electron chi connectivity index (χ2n) is 9.68. The van der Waals surface area contributed by atoms with Gasteiger partial charge >= 0.3 is 5.97 Å². The first-order valence-electron chi connectivity index (χ1n) is 11.2. The Morgan fingerprint density at radius 1 is 0.935 bits per heavy atom. The van der Waals surface area contributed by atoms with Gasteiger partial charge in [0.15, 0.2) is 0 Å². The molecule has 5 heteroatoms. The maximum absolute atomic E-state index is 11.1. The predicted octanol–water partition coefficient (Wildman–Crippen LogP) is 5.45. The minimum Gasteiger partial charge on any atom is -0.496 e. The van der Waals surface area contributed by atoms with Crippen LogP contribution in [0.4, 0.5) is 0 Å². The molecule has 0 saturated heterocycles. The highest BCUT2D eigenvalue weighted by Gasteiger charge is 2.52. The van der Waals surface area contributed by atoms with E-state index in [0.717, 1.165) is 34.8 Å². The van der Waals surface area contributed by atoms with Gasteiger partial charge in [0.1, 0.15) is 23.9 Å². The lowest BCUT2D eigenvalue weighted by atomic mass is 9.48. The summed E-state index contributed by atoms with van der Waals surface area (Å²) in [5.41, 5.74) is 2.77. The van der Waals surface area contributed by atoms with Crippen LogP contribution in [-0.4, -0.2) is 25.3 Å². The molecule has 0 heterocycles. The molecule has 0 spiro atoms. The molecule has 0 aromatic heterocycles. The molecule has 4 fully saturated rings. The first-order chi connectivity index (χ1) is 15.0. The van der Waals surface area contributed by atoms with Crippen molar-refractivity contribution in [2.75, 3.05) is 14.2 Å². The van der Waals surface area contributed by atoms with E-state index in [1.807, 2.05) is 6.07 Å². The van der Waals surface area contributed by atoms with Crippen molar-refractivity contribution >= 4 is 5.97 Å². The maximum atomic E-state index is 11.1. The van der Waals surface area contributed by atoms with E-state index in [9.17, 15) is 4.79 Å². The summed E-state index contributed by atoms with van der Waals surface area (Å²) in [4.78, 5) is 11.1. The molecule has 6 rings (SSSR count). The number of aromatic carboxylic acids is 1. The number of carbonyl (C=O) groups is 1. The van der Waals surface area contributed by atoms with Gasteiger partial charge in [0.05, 0.1) is 19.8 Å². The highest BCUT2D eigenvalue weighted by atomic mass is 16.5. The SMILES string of the molecule is COc1cc(OC)c(C23CC4CC(CC(C4)C2)C3)cc1COc1ccc(C(=O)O)cc1. The van der Waals surface area contributed by atoms with Crippen molar-refractivity contribution in [2.45, 2.75) is 50.5 Å². The van der Waals surface area contributed by atoms with Crippen LogP contribution >= 0.6 is 0 Å². The molecule has 2 aromatic rings. The van der Waals surface area contributed by atoms with Gasteiger partial charge in [-0.3, -0.25) is 0 Å². The number of hydrogen-bond donors (Lipinski definition) is 1. The zero-order valence-electron chi connectivity index (χ0n) is 18.2. The van der Waals surface area contributed by atoms with Crippen LogP contribution < -0.4 is 14.2 Å². The summed E-state index contributed by atoms with van der Waals surface area (Å²) in [5.74, 6) is 3.94. The third kappa shape index (κ3) is 3.64. The molecular weight excluding hydrogens is 392 g/mol. The molecule has 0 unspecified atom stereocenters. The molecular formula is C26H30O5. The molecule has 0 amide bonds. The third-order valence-corrected chi connectivity index (χ3v) is 7.71. The van der Waals surface area contributed by atoms with E-state index in [0.29, 0.717) is 12.4 Å². The van der Waals surface area contributed by atoms with Gasteiger partial charge in [-0.2, -0.15) is 0 Å². The quantitative estimate of drug-likeness (QED) is 0.643. The van der Waals surface area contributed by atoms with E-state index in [1.165, 1.54) is 44.1 Å². The molecule has 164 valence electrons. The standard InChI is InChI=1S/C26H30O5/c1-29-23-11-24(30-2)22(26-12-16-7-17(13-26)9-18(8-16)14-26)10-20(23)15-31-21-5-3-19(4-6-21)25(27)28/h3-6,10-11,16-18H,7-9,12-15H2,1-2H3,(H,27,28). The second-order valence-corrected chi connectivity index (χ2v) is 9.68. The van der Waals surface area contributed by atoms with E-state index < -0.39 is 5.97 Å². The molecule has 31 heavy (non-hydrogen) atoms. The molecule has 0 aliphatic heterocycles. The van der Waals surface area contributed by atoms with Crippen molar-refractivity contribution < 1.29 is 24.1 Å². The highest BCUT2D eigenvalue weighted by Crippen LogP contribution is 2.62. The van der Waals surface area contributed by atoms with Crippen molar-refractivity contribution in [3.05, 3.63) is 53.1 Å². The highest BCUT2D eigenvalue weighted by molar-refractivity contribution is 5.87. The molecule has 0 radical (unpaired) electrons. The average Bonchev–Trinajstić information content (AvgIpc) is 2.76. The van der Waals surface area contributed by atoms with Crippen molar-refractivity contribution in [3.8, 4) is 17.2 Å². The molecule has 2 aromatic carbocycles. The summed E-state index contributed by atoms with van der Waals surface area (Å²) in [6, 6.07) is 10.8. The van der Waals surface area contributed by atoms with Gasteiger partial charge in [0.2, 0.25) is 0 Å². The Kier molecular flexibility index (Phi) is 5.07. The Labute approximate surface area is 183 Å². The fourth-order valence-electron chi connectivity index (χ4n) is 6.79. The van der Waals surface area contributed by atoms with Gasteiger partial charge in [-0.25, -0.2) is 4.79 Å².